The predicted molar refractivity (Wildman–Crippen MR) is 134 cm³/mol. The van der Waals surface area contributed by atoms with Crippen LogP contribution in [0.2, 0.25) is 0 Å². The van der Waals surface area contributed by atoms with E-state index >= 15 is 0 Å². The van der Waals surface area contributed by atoms with Gasteiger partial charge in [0.05, 0.1) is 14.2 Å². The zero-order valence-electron chi connectivity index (χ0n) is 19.3. The molecule has 34 heavy (non-hydrogen) atoms. The van der Waals surface area contributed by atoms with Gasteiger partial charge in [0.2, 0.25) is 11.8 Å². The lowest BCUT2D eigenvalue weighted by atomic mass is 10.1. The fourth-order valence-electron chi connectivity index (χ4n) is 3.05. The molecule has 6 nitrogen and oxygen atoms in total. The molecule has 0 saturated heterocycles. The smallest absolute Gasteiger partial charge is 0.244 e. The van der Waals surface area contributed by atoms with Crippen LogP contribution in [0.3, 0.4) is 0 Å². The molecule has 0 fully saturated rings. The van der Waals surface area contributed by atoms with E-state index in [9.17, 15) is 9.59 Å². The Bertz CT molecular complexity index is 1040. The van der Waals surface area contributed by atoms with Gasteiger partial charge in [-0.1, -0.05) is 48.5 Å². The Labute approximate surface area is 199 Å². The largest absolute Gasteiger partial charge is 0.497 e. The van der Waals surface area contributed by atoms with Crippen molar-refractivity contribution in [2.24, 2.45) is 0 Å². The molecular formula is C28H28N2O4. The van der Waals surface area contributed by atoms with Gasteiger partial charge in [0.15, 0.2) is 0 Å². The number of nitrogens with one attached hydrogen (secondary N) is 2. The van der Waals surface area contributed by atoms with E-state index in [4.69, 9.17) is 9.47 Å². The van der Waals surface area contributed by atoms with Gasteiger partial charge in [-0.15, -0.1) is 0 Å². The van der Waals surface area contributed by atoms with Gasteiger partial charge in [-0.3, -0.25) is 9.59 Å². The molecule has 3 aromatic rings. The van der Waals surface area contributed by atoms with Crippen LogP contribution in [0, 0.1) is 0 Å². The molecule has 0 atom stereocenters. The van der Waals surface area contributed by atoms with Crippen molar-refractivity contribution >= 4 is 24.0 Å². The highest BCUT2D eigenvalue weighted by Crippen LogP contribution is 2.13. The highest BCUT2D eigenvalue weighted by molar-refractivity contribution is 5.92. The molecule has 2 amide bonds. The van der Waals surface area contributed by atoms with Crippen molar-refractivity contribution in [1.29, 1.82) is 0 Å². The van der Waals surface area contributed by atoms with Gasteiger partial charge in [0.25, 0.3) is 0 Å². The van der Waals surface area contributed by atoms with Gasteiger partial charge >= 0.3 is 0 Å². The molecule has 3 aromatic carbocycles. The normalized spacial score (nSPS) is 10.9. The minimum atomic E-state index is -0.171. The molecule has 0 aliphatic heterocycles. The number of methoxy groups -OCH3 is 2. The average Bonchev–Trinajstić information content (AvgIpc) is 2.89. The summed E-state index contributed by atoms with van der Waals surface area (Å²) in [5.41, 5.74) is 3.78. The van der Waals surface area contributed by atoms with Gasteiger partial charge in [0, 0.05) is 25.2 Å². The SMILES string of the molecule is COc1ccc(C=CC(=O)NCc2ccc(CNC(=O)C=Cc3ccc(OC)cc3)cc2)cc1. The first-order valence-corrected chi connectivity index (χ1v) is 10.8. The fraction of sp³-hybridized carbons (Fsp3) is 0.143. The highest BCUT2D eigenvalue weighted by Gasteiger charge is 2.01. The van der Waals surface area contributed by atoms with E-state index in [-0.39, 0.29) is 11.8 Å². The summed E-state index contributed by atoms with van der Waals surface area (Å²) in [5, 5.41) is 5.73. The van der Waals surface area contributed by atoms with Crippen LogP contribution in [-0.4, -0.2) is 26.0 Å². The van der Waals surface area contributed by atoms with Crippen molar-refractivity contribution in [1.82, 2.24) is 10.6 Å². The molecule has 174 valence electrons. The maximum absolute atomic E-state index is 12.1. The molecule has 0 heterocycles. The van der Waals surface area contributed by atoms with Gasteiger partial charge in [0.1, 0.15) is 11.5 Å². The Morgan fingerprint density at radius 2 is 0.971 bits per heavy atom. The number of hydrogen-bond acceptors (Lipinski definition) is 4. The van der Waals surface area contributed by atoms with Crippen molar-refractivity contribution < 1.29 is 19.1 Å². The van der Waals surface area contributed by atoms with Gasteiger partial charge in [-0.2, -0.15) is 0 Å². The summed E-state index contributed by atoms with van der Waals surface area (Å²) in [4.78, 5) is 24.1. The maximum atomic E-state index is 12.1. The first kappa shape index (κ1) is 24.3. The van der Waals surface area contributed by atoms with E-state index in [2.05, 4.69) is 10.6 Å². The molecule has 3 rings (SSSR count). The first-order chi connectivity index (χ1) is 16.6. The molecule has 0 saturated carbocycles. The van der Waals surface area contributed by atoms with Gasteiger partial charge in [-0.25, -0.2) is 0 Å². The lowest BCUT2D eigenvalue weighted by Gasteiger charge is -2.06. The summed E-state index contributed by atoms with van der Waals surface area (Å²) in [6.07, 6.45) is 6.52. The topological polar surface area (TPSA) is 76.7 Å². The van der Waals surface area contributed by atoms with Crippen molar-refractivity contribution in [2.45, 2.75) is 13.1 Å². The summed E-state index contributed by atoms with van der Waals surface area (Å²) in [6.45, 7) is 0.839. The van der Waals surface area contributed by atoms with E-state index in [0.717, 1.165) is 33.8 Å². The third-order valence-corrected chi connectivity index (χ3v) is 5.04. The van der Waals surface area contributed by atoms with Crippen LogP contribution >= 0.6 is 0 Å². The number of carbonyl (C=O) groups is 2. The number of carbonyl (C=O) groups excluding carboxylic acids is 2. The lowest BCUT2D eigenvalue weighted by molar-refractivity contribution is -0.117. The summed E-state index contributed by atoms with van der Waals surface area (Å²) < 4.78 is 10.2. The number of benzene rings is 3. The Balaban J connectivity index is 1.40. The molecule has 0 bridgehead atoms. The summed E-state index contributed by atoms with van der Waals surface area (Å²) in [6, 6.07) is 22.7. The first-order valence-electron chi connectivity index (χ1n) is 10.8. The Kier molecular flexibility index (Phi) is 9.05. The lowest BCUT2D eigenvalue weighted by Crippen LogP contribution is -2.21. The van der Waals surface area contributed by atoms with Crippen LogP contribution in [0.1, 0.15) is 22.3 Å². The number of amides is 2. The summed E-state index contributed by atoms with van der Waals surface area (Å²) in [5.74, 6) is 1.20. The Morgan fingerprint density at radius 3 is 1.29 bits per heavy atom. The molecule has 0 radical (unpaired) electrons. The number of rotatable bonds is 10. The standard InChI is InChI=1S/C28H28N2O4/c1-33-25-13-7-21(8-14-25)11-17-27(31)29-19-23-3-5-24(6-4-23)20-30-28(32)18-12-22-9-15-26(34-2)16-10-22/h3-18H,19-20H2,1-2H3,(H,29,31)(H,30,32). The van der Waals surface area contributed by atoms with E-state index < -0.39 is 0 Å². The summed E-state index contributed by atoms with van der Waals surface area (Å²) >= 11 is 0. The second kappa shape index (κ2) is 12.6. The minimum absolute atomic E-state index is 0.171. The van der Waals surface area contributed by atoms with Crippen LogP contribution in [0.5, 0.6) is 11.5 Å². The quantitative estimate of drug-likeness (QED) is 0.445. The molecule has 0 aromatic heterocycles. The molecule has 0 unspecified atom stereocenters. The zero-order valence-corrected chi connectivity index (χ0v) is 19.3. The zero-order chi connectivity index (χ0) is 24.2. The molecule has 2 N–H and O–H groups in total. The third-order valence-electron chi connectivity index (χ3n) is 5.04. The Hall–Kier alpha value is -4.32. The second-order valence-corrected chi connectivity index (χ2v) is 7.47. The molecule has 0 aliphatic rings. The Morgan fingerprint density at radius 1 is 0.618 bits per heavy atom. The van der Waals surface area contributed by atoms with E-state index in [1.54, 1.807) is 26.4 Å². The van der Waals surface area contributed by atoms with E-state index in [0.29, 0.717) is 13.1 Å². The number of ether oxygens (including phenoxy) is 2. The van der Waals surface area contributed by atoms with Gasteiger partial charge < -0.3 is 20.1 Å². The monoisotopic (exact) mass is 456 g/mol. The molecule has 0 spiro atoms. The molecule has 6 heteroatoms. The van der Waals surface area contributed by atoms with E-state index in [1.165, 1.54) is 12.2 Å². The second-order valence-electron chi connectivity index (χ2n) is 7.47. The minimum Gasteiger partial charge on any atom is -0.497 e. The van der Waals surface area contributed by atoms with Crippen LogP contribution in [-0.2, 0) is 22.7 Å². The van der Waals surface area contributed by atoms with Crippen LogP contribution < -0.4 is 20.1 Å². The van der Waals surface area contributed by atoms with Crippen molar-refractivity contribution in [2.75, 3.05) is 14.2 Å². The van der Waals surface area contributed by atoms with Crippen molar-refractivity contribution in [3.05, 3.63) is 107 Å². The maximum Gasteiger partial charge on any atom is 0.244 e. The highest BCUT2D eigenvalue weighted by atomic mass is 16.5. The van der Waals surface area contributed by atoms with Crippen molar-refractivity contribution in [3.63, 3.8) is 0 Å². The molecular weight excluding hydrogens is 428 g/mol. The third kappa shape index (κ3) is 7.98. The van der Waals surface area contributed by atoms with Crippen LogP contribution in [0.15, 0.2) is 84.9 Å². The molecule has 0 aliphatic carbocycles. The summed E-state index contributed by atoms with van der Waals surface area (Å²) in [7, 11) is 3.23. The van der Waals surface area contributed by atoms with Crippen LogP contribution in [0.25, 0.3) is 12.2 Å². The fourth-order valence-corrected chi connectivity index (χ4v) is 3.05. The number of hydrogen-bond donors (Lipinski definition) is 2. The van der Waals surface area contributed by atoms with Crippen molar-refractivity contribution in [3.8, 4) is 11.5 Å². The average molecular weight is 457 g/mol. The van der Waals surface area contributed by atoms with E-state index in [1.807, 2.05) is 72.8 Å². The van der Waals surface area contributed by atoms with Crippen LogP contribution in [0.4, 0.5) is 0 Å². The predicted octanol–water partition coefficient (Wildman–Crippen LogP) is 4.36. The van der Waals surface area contributed by atoms with Gasteiger partial charge in [-0.05, 0) is 58.7 Å².